The number of hydrogen-bond donors (Lipinski definition) is 1. The summed E-state index contributed by atoms with van der Waals surface area (Å²) in [6.45, 7) is 8.76. The molecule has 1 aliphatic heterocycles. The van der Waals surface area contributed by atoms with E-state index < -0.39 is 12.0 Å². The number of carboxylic acid groups (broad SMARTS) is 1. The Hall–Kier alpha value is -0.910. The van der Waals surface area contributed by atoms with Crippen LogP contribution in [-0.4, -0.2) is 57.7 Å². The normalized spacial score (nSPS) is 23.5. The first-order valence-corrected chi connectivity index (χ1v) is 7.60. The van der Waals surface area contributed by atoms with E-state index in [1.165, 1.54) is 4.90 Å². The Labute approximate surface area is 119 Å². The molecule has 2 amide bonds. The van der Waals surface area contributed by atoms with Gasteiger partial charge in [-0.2, -0.15) is 0 Å². The van der Waals surface area contributed by atoms with Crippen LogP contribution >= 0.6 is 11.8 Å². The standard InChI is InChI=1S/C13H24N2O3S/c1-6-10-15(9(7-19-10)11(16)17)12(18)14(5)8-13(2,3)4/h9-10H,6-8H2,1-5H3,(H,16,17). The molecule has 1 fully saturated rings. The number of amides is 2. The van der Waals surface area contributed by atoms with Gasteiger partial charge in [-0.05, 0) is 11.8 Å². The van der Waals surface area contributed by atoms with Crippen LogP contribution in [0.2, 0.25) is 0 Å². The summed E-state index contributed by atoms with van der Waals surface area (Å²) < 4.78 is 0. The summed E-state index contributed by atoms with van der Waals surface area (Å²) in [5.41, 5.74) is -0.00227. The van der Waals surface area contributed by atoms with Crippen molar-refractivity contribution in [3.8, 4) is 0 Å². The van der Waals surface area contributed by atoms with Crippen LogP contribution in [0, 0.1) is 5.41 Å². The molecule has 19 heavy (non-hydrogen) atoms. The van der Waals surface area contributed by atoms with Crippen molar-refractivity contribution < 1.29 is 14.7 Å². The molecule has 5 nitrogen and oxygen atoms in total. The Kier molecular flexibility index (Phi) is 5.12. The molecule has 110 valence electrons. The van der Waals surface area contributed by atoms with Crippen LogP contribution in [0.5, 0.6) is 0 Å². The van der Waals surface area contributed by atoms with Gasteiger partial charge < -0.3 is 10.0 Å². The predicted molar refractivity (Wildman–Crippen MR) is 77.3 cm³/mol. The highest BCUT2D eigenvalue weighted by Gasteiger charge is 2.42. The van der Waals surface area contributed by atoms with Crippen molar-refractivity contribution in [3.05, 3.63) is 0 Å². The first-order chi connectivity index (χ1) is 8.67. The van der Waals surface area contributed by atoms with Crippen molar-refractivity contribution in [3.63, 3.8) is 0 Å². The maximum atomic E-state index is 12.5. The first-order valence-electron chi connectivity index (χ1n) is 6.55. The van der Waals surface area contributed by atoms with Gasteiger partial charge in [-0.3, -0.25) is 4.90 Å². The van der Waals surface area contributed by atoms with Gasteiger partial charge in [0.25, 0.3) is 0 Å². The molecule has 2 unspecified atom stereocenters. The lowest BCUT2D eigenvalue weighted by molar-refractivity contribution is -0.141. The smallest absolute Gasteiger partial charge is 0.327 e. The molecule has 1 rings (SSSR count). The van der Waals surface area contributed by atoms with E-state index in [0.29, 0.717) is 12.3 Å². The average Bonchev–Trinajstić information content (AvgIpc) is 2.68. The Bertz CT molecular complexity index is 354. The van der Waals surface area contributed by atoms with Crippen molar-refractivity contribution in [2.24, 2.45) is 5.41 Å². The number of carboxylic acids is 1. The highest BCUT2D eigenvalue weighted by molar-refractivity contribution is 8.00. The molecule has 6 heteroatoms. The predicted octanol–water partition coefficient (Wildman–Crippen LogP) is 2.32. The highest BCUT2D eigenvalue weighted by Crippen LogP contribution is 2.32. The number of carbonyl (C=O) groups is 2. The van der Waals surface area contributed by atoms with Gasteiger partial charge in [0.05, 0.1) is 5.37 Å². The summed E-state index contributed by atoms with van der Waals surface area (Å²) in [7, 11) is 1.74. The number of thioether (sulfide) groups is 1. The van der Waals surface area contributed by atoms with Gasteiger partial charge in [-0.1, -0.05) is 27.7 Å². The lowest BCUT2D eigenvalue weighted by atomic mass is 9.96. The second-order valence-electron chi connectivity index (χ2n) is 6.16. The number of rotatable bonds is 3. The van der Waals surface area contributed by atoms with E-state index >= 15 is 0 Å². The molecule has 0 aromatic carbocycles. The summed E-state index contributed by atoms with van der Waals surface area (Å²) in [6.07, 6.45) is 0.767. The van der Waals surface area contributed by atoms with Crippen LogP contribution in [0.25, 0.3) is 0 Å². The number of aliphatic carboxylic acids is 1. The van der Waals surface area contributed by atoms with E-state index in [0.717, 1.165) is 6.42 Å². The van der Waals surface area contributed by atoms with Crippen molar-refractivity contribution in [1.29, 1.82) is 0 Å². The molecular weight excluding hydrogens is 264 g/mol. The van der Waals surface area contributed by atoms with E-state index in [2.05, 4.69) is 20.8 Å². The molecule has 0 aromatic rings. The Morgan fingerprint density at radius 2 is 2.00 bits per heavy atom. The summed E-state index contributed by atoms with van der Waals surface area (Å²) in [5.74, 6) is -0.441. The van der Waals surface area contributed by atoms with Gasteiger partial charge in [0.1, 0.15) is 6.04 Å². The fourth-order valence-electron chi connectivity index (χ4n) is 2.30. The van der Waals surface area contributed by atoms with E-state index in [1.807, 2.05) is 6.92 Å². The van der Waals surface area contributed by atoms with Crippen molar-refractivity contribution >= 4 is 23.8 Å². The minimum absolute atomic E-state index is 0.00227. The summed E-state index contributed by atoms with van der Waals surface area (Å²) >= 11 is 1.55. The Balaban J connectivity index is 2.84. The summed E-state index contributed by atoms with van der Waals surface area (Å²) in [5, 5.41) is 9.20. The molecule has 0 saturated carbocycles. The average molecular weight is 288 g/mol. The van der Waals surface area contributed by atoms with Crippen LogP contribution in [0.4, 0.5) is 4.79 Å². The zero-order chi connectivity index (χ0) is 14.8. The molecule has 0 bridgehead atoms. The summed E-state index contributed by atoms with van der Waals surface area (Å²) in [6, 6.07) is -0.885. The zero-order valence-corrected chi connectivity index (χ0v) is 13.2. The Morgan fingerprint density at radius 1 is 1.42 bits per heavy atom. The topological polar surface area (TPSA) is 60.9 Å². The fraction of sp³-hybridized carbons (Fsp3) is 0.846. The van der Waals surface area contributed by atoms with Crippen LogP contribution in [0.15, 0.2) is 0 Å². The van der Waals surface area contributed by atoms with Gasteiger partial charge in [0, 0.05) is 19.3 Å². The van der Waals surface area contributed by atoms with E-state index in [-0.39, 0.29) is 16.8 Å². The van der Waals surface area contributed by atoms with Crippen LogP contribution in [-0.2, 0) is 4.79 Å². The minimum Gasteiger partial charge on any atom is -0.480 e. The van der Waals surface area contributed by atoms with Crippen molar-refractivity contribution in [2.45, 2.75) is 45.5 Å². The zero-order valence-electron chi connectivity index (χ0n) is 12.3. The monoisotopic (exact) mass is 288 g/mol. The lowest BCUT2D eigenvalue weighted by Crippen LogP contribution is -2.51. The quantitative estimate of drug-likeness (QED) is 0.866. The molecule has 0 radical (unpaired) electrons. The molecule has 0 aliphatic carbocycles. The van der Waals surface area contributed by atoms with Gasteiger partial charge in [0.2, 0.25) is 0 Å². The number of carbonyl (C=O) groups excluding carboxylic acids is 1. The fourth-order valence-corrected chi connectivity index (χ4v) is 3.64. The molecular formula is C13H24N2O3S. The van der Waals surface area contributed by atoms with Gasteiger partial charge in [0.15, 0.2) is 0 Å². The van der Waals surface area contributed by atoms with Gasteiger partial charge in [-0.15, -0.1) is 11.8 Å². The molecule has 1 N–H and O–H groups in total. The van der Waals surface area contributed by atoms with Crippen LogP contribution in [0.1, 0.15) is 34.1 Å². The third-order valence-electron chi connectivity index (χ3n) is 2.99. The highest BCUT2D eigenvalue weighted by atomic mass is 32.2. The Morgan fingerprint density at radius 3 is 2.42 bits per heavy atom. The second-order valence-corrected chi connectivity index (χ2v) is 7.37. The van der Waals surface area contributed by atoms with Gasteiger partial charge >= 0.3 is 12.0 Å². The van der Waals surface area contributed by atoms with E-state index in [4.69, 9.17) is 0 Å². The van der Waals surface area contributed by atoms with E-state index in [1.54, 1.807) is 23.7 Å². The third kappa shape index (κ3) is 4.03. The van der Waals surface area contributed by atoms with Gasteiger partial charge in [-0.25, -0.2) is 9.59 Å². The first kappa shape index (κ1) is 16.1. The summed E-state index contributed by atoms with van der Waals surface area (Å²) in [4.78, 5) is 26.9. The van der Waals surface area contributed by atoms with Crippen molar-refractivity contribution in [2.75, 3.05) is 19.3 Å². The minimum atomic E-state index is -0.916. The molecule has 1 heterocycles. The maximum Gasteiger partial charge on any atom is 0.327 e. The molecule has 2 atom stereocenters. The molecule has 1 aliphatic rings. The van der Waals surface area contributed by atoms with E-state index in [9.17, 15) is 14.7 Å². The van der Waals surface area contributed by atoms with Crippen LogP contribution in [0.3, 0.4) is 0 Å². The largest absolute Gasteiger partial charge is 0.480 e. The molecule has 0 spiro atoms. The third-order valence-corrected chi connectivity index (χ3v) is 4.44. The number of nitrogens with zero attached hydrogens (tertiary/aromatic N) is 2. The second kappa shape index (κ2) is 6.03. The molecule has 0 aromatic heterocycles. The SMILES string of the molecule is CCC1SCC(C(=O)O)N1C(=O)N(C)CC(C)(C)C. The number of hydrogen-bond acceptors (Lipinski definition) is 3. The maximum absolute atomic E-state index is 12.5. The van der Waals surface area contributed by atoms with Crippen LogP contribution < -0.4 is 0 Å². The molecule has 1 saturated heterocycles. The van der Waals surface area contributed by atoms with Crippen molar-refractivity contribution in [1.82, 2.24) is 9.80 Å². The lowest BCUT2D eigenvalue weighted by Gasteiger charge is -2.34. The number of urea groups is 1.